The number of aromatic nitrogens is 4. The van der Waals surface area contributed by atoms with Crippen molar-refractivity contribution in [2.75, 3.05) is 5.75 Å². The van der Waals surface area contributed by atoms with Gasteiger partial charge in [0, 0.05) is 19.1 Å². The van der Waals surface area contributed by atoms with Crippen LogP contribution in [0.2, 0.25) is 0 Å². The lowest BCUT2D eigenvalue weighted by Crippen LogP contribution is -1.82. The minimum atomic E-state index is -2.31. The predicted molar refractivity (Wildman–Crippen MR) is 58.0 cm³/mol. The molecule has 2 rings (SSSR count). The SMILES string of the molecule is Cc1nnc(-c2nnc(SCCC(F)=C(F)F)o2)o1. The van der Waals surface area contributed by atoms with Crippen molar-refractivity contribution in [3.05, 3.63) is 17.8 Å². The molecule has 2 aromatic rings. The van der Waals surface area contributed by atoms with Crippen LogP contribution in [0.5, 0.6) is 0 Å². The van der Waals surface area contributed by atoms with Crippen LogP contribution < -0.4 is 0 Å². The molecule has 102 valence electrons. The van der Waals surface area contributed by atoms with Gasteiger partial charge in [-0.25, -0.2) is 4.39 Å². The highest BCUT2D eigenvalue weighted by atomic mass is 32.2. The van der Waals surface area contributed by atoms with Gasteiger partial charge in [-0.3, -0.25) is 0 Å². The number of thioether (sulfide) groups is 1. The van der Waals surface area contributed by atoms with Crippen LogP contribution in [-0.2, 0) is 0 Å². The van der Waals surface area contributed by atoms with Crippen LogP contribution in [0.25, 0.3) is 11.8 Å². The number of halogens is 3. The van der Waals surface area contributed by atoms with E-state index in [1.165, 1.54) is 0 Å². The third-order valence-corrected chi connectivity index (χ3v) is 2.69. The molecular formula is C9H7F3N4O2S. The van der Waals surface area contributed by atoms with Gasteiger partial charge in [-0.1, -0.05) is 11.8 Å². The van der Waals surface area contributed by atoms with Crippen LogP contribution in [0.1, 0.15) is 12.3 Å². The number of nitrogens with zero attached hydrogens (tertiary/aromatic N) is 4. The molecule has 19 heavy (non-hydrogen) atoms. The van der Waals surface area contributed by atoms with E-state index >= 15 is 0 Å². The van der Waals surface area contributed by atoms with Gasteiger partial charge in [0.1, 0.15) is 0 Å². The van der Waals surface area contributed by atoms with E-state index < -0.39 is 18.3 Å². The fraction of sp³-hybridized carbons (Fsp3) is 0.333. The van der Waals surface area contributed by atoms with Crippen molar-refractivity contribution in [3.8, 4) is 11.8 Å². The summed E-state index contributed by atoms with van der Waals surface area (Å²) < 4.78 is 46.3. The topological polar surface area (TPSA) is 77.8 Å². The second kappa shape index (κ2) is 5.87. The average molecular weight is 292 g/mol. The van der Waals surface area contributed by atoms with Crippen LogP contribution >= 0.6 is 11.8 Å². The molecule has 0 radical (unpaired) electrons. The molecule has 10 heteroatoms. The maximum atomic E-state index is 12.5. The number of hydrogen-bond acceptors (Lipinski definition) is 7. The fourth-order valence-electron chi connectivity index (χ4n) is 1.06. The Labute approximate surface area is 109 Å². The molecule has 0 N–H and O–H groups in total. The summed E-state index contributed by atoms with van der Waals surface area (Å²) in [4.78, 5) is 0. The fourth-order valence-corrected chi connectivity index (χ4v) is 1.75. The lowest BCUT2D eigenvalue weighted by atomic mass is 10.4. The Bertz CT molecular complexity index is 594. The minimum absolute atomic E-state index is 0.0239. The first-order chi connectivity index (χ1) is 9.06. The second-order valence-corrected chi connectivity index (χ2v) is 4.31. The summed E-state index contributed by atoms with van der Waals surface area (Å²) in [6.07, 6.45) is -2.72. The molecule has 0 fully saturated rings. The van der Waals surface area contributed by atoms with Crippen LogP contribution in [0.4, 0.5) is 13.2 Å². The van der Waals surface area contributed by atoms with Crippen LogP contribution in [0.15, 0.2) is 26.0 Å². The van der Waals surface area contributed by atoms with Gasteiger partial charge in [-0.05, 0) is 0 Å². The lowest BCUT2D eigenvalue weighted by Gasteiger charge is -1.93. The maximum Gasteiger partial charge on any atom is 0.306 e. The summed E-state index contributed by atoms with van der Waals surface area (Å²) >= 11 is 0.951. The molecule has 6 nitrogen and oxygen atoms in total. The van der Waals surface area contributed by atoms with Crippen LogP contribution in [-0.4, -0.2) is 26.1 Å². The Morgan fingerprint density at radius 3 is 2.37 bits per heavy atom. The van der Waals surface area contributed by atoms with E-state index in [0.29, 0.717) is 5.89 Å². The van der Waals surface area contributed by atoms with E-state index in [0.717, 1.165) is 11.8 Å². The van der Waals surface area contributed by atoms with E-state index in [9.17, 15) is 13.2 Å². The molecule has 0 spiro atoms. The summed E-state index contributed by atoms with van der Waals surface area (Å²) in [5.74, 6) is -0.963. The molecule has 0 aliphatic carbocycles. The van der Waals surface area contributed by atoms with Crippen molar-refractivity contribution < 1.29 is 22.0 Å². The summed E-state index contributed by atoms with van der Waals surface area (Å²) in [5, 5.41) is 14.6. The van der Waals surface area contributed by atoms with Gasteiger partial charge in [-0.15, -0.1) is 20.4 Å². The number of rotatable bonds is 5. The zero-order valence-corrected chi connectivity index (χ0v) is 10.4. The maximum absolute atomic E-state index is 12.5. The second-order valence-electron chi connectivity index (χ2n) is 3.26. The predicted octanol–water partition coefficient (Wildman–Crippen LogP) is 2.99. The van der Waals surface area contributed by atoms with Gasteiger partial charge in [0.05, 0.1) is 0 Å². The normalized spacial score (nSPS) is 10.7. The Balaban J connectivity index is 1.93. The van der Waals surface area contributed by atoms with E-state index in [4.69, 9.17) is 8.83 Å². The summed E-state index contributed by atoms with van der Waals surface area (Å²) in [6, 6.07) is 0. The Hall–Kier alpha value is -1.84. The Morgan fingerprint density at radius 2 is 1.74 bits per heavy atom. The van der Waals surface area contributed by atoms with Crippen molar-refractivity contribution in [1.82, 2.24) is 20.4 Å². The van der Waals surface area contributed by atoms with Crippen LogP contribution in [0.3, 0.4) is 0 Å². The number of hydrogen-bond donors (Lipinski definition) is 0. The molecule has 2 aromatic heterocycles. The molecular weight excluding hydrogens is 285 g/mol. The average Bonchev–Trinajstić information content (AvgIpc) is 2.97. The quantitative estimate of drug-likeness (QED) is 0.784. The van der Waals surface area contributed by atoms with Gasteiger partial charge < -0.3 is 8.83 Å². The van der Waals surface area contributed by atoms with Crippen molar-refractivity contribution in [2.24, 2.45) is 0 Å². The summed E-state index contributed by atoms with van der Waals surface area (Å²) in [7, 11) is 0. The molecule has 0 saturated carbocycles. The van der Waals surface area contributed by atoms with Gasteiger partial charge in [0.25, 0.3) is 5.22 Å². The van der Waals surface area contributed by atoms with Crippen molar-refractivity contribution >= 4 is 11.8 Å². The molecule has 0 aliphatic heterocycles. The summed E-state index contributed by atoms with van der Waals surface area (Å²) in [6.45, 7) is 1.60. The lowest BCUT2D eigenvalue weighted by molar-refractivity contribution is 0.373. The zero-order chi connectivity index (χ0) is 13.8. The minimum Gasteiger partial charge on any atom is -0.417 e. The highest BCUT2D eigenvalue weighted by Gasteiger charge is 2.15. The Kier molecular flexibility index (Phi) is 4.20. The molecule has 0 aliphatic rings. The smallest absolute Gasteiger partial charge is 0.306 e. The first-order valence-corrected chi connectivity index (χ1v) is 6.01. The molecule has 0 amide bonds. The van der Waals surface area contributed by atoms with E-state index in [2.05, 4.69) is 20.4 Å². The molecule has 0 saturated heterocycles. The first-order valence-electron chi connectivity index (χ1n) is 5.02. The number of aryl methyl sites for hydroxylation is 1. The monoisotopic (exact) mass is 292 g/mol. The van der Waals surface area contributed by atoms with Gasteiger partial charge in [-0.2, -0.15) is 8.78 Å². The van der Waals surface area contributed by atoms with Gasteiger partial charge in [0.15, 0.2) is 5.83 Å². The Morgan fingerprint density at radius 1 is 1.05 bits per heavy atom. The van der Waals surface area contributed by atoms with Crippen LogP contribution in [0, 0.1) is 6.92 Å². The molecule has 2 heterocycles. The molecule has 0 aromatic carbocycles. The van der Waals surface area contributed by atoms with Crippen molar-refractivity contribution in [2.45, 2.75) is 18.6 Å². The van der Waals surface area contributed by atoms with Gasteiger partial charge in [0.2, 0.25) is 5.89 Å². The molecule has 0 unspecified atom stereocenters. The largest absolute Gasteiger partial charge is 0.417 e. The highest BCUT2D eigenvalue weighted by molar-refractivity contribution is 7.99. The standard InChI is InChI=1S/C9H7F3N4O2S/c1-4-13-14-7(17-4)8-15-16-9(18-8)19-3-2-5(10)6(11)12/h2-3H2,1H3. The van der Waals surface area contributed by atoms with E-state index in [1.54, 1.807) is 6.92 Å². The van der Waals surface area contributed by atoms with Crippen molar-refractivity contribution in [1.29, 1.82) is 0 Å². The number of allylic oxidation sites excluding steroid dienone is 1. The van der Waals surface area contributed by atoms with E-state index in [-0.39, 0.29) is 22.8 Å². The summed E-state index contributed by atoms with van der Waals surface area (Å²) in [5.41, 5.74) is 0. The van der Waals surface area contributed by atoms with Crippen molar-refractivity contribution in [3.63, 3.8) is 0 Å². The third kappa shape index (κ3) is 3.56. The van der Waals surface area contributed by atoms with E-state index in [1.807, 2.05) is 0 Å². The third-order valence-electron chi connectivity index (χ3n) is 1.87. The molecule has 0 atom stereocenters. The van der Waals surface area contributed by atoms with Gasteiger partial charge >= 0.3 is 17.9 Å². The highest BCUT2D eigenvalue weighted by Crippen LogP contribution is 2.24. The first kappa shape index (κ1) is 13.6. The molecule has 0 bridgehead atoms. The zero-order valence-electron chi connectivity index (χ0n) is 9.56.